The number of aliphatic imine (C=N–C) groups is 1. The topological polar surface area (TPSA) is 59.6 Å². The molecule has 2 aliphatic carbocycles. The fraction of sp³-hybridized carbons (Fsp3) is 0.588. The van der Waals surface area contributed by atoms with Crippen LogP contribution in [0.4, 0.5) is 5.69 Å². The molecule has 1 aliphatic heterocycles. The zero-order valence-corrected chi connectivity index (χ0v) is 15.2. The molecule has 1 aromatic carbocycles. The first-order valence-corrected chi connectivity index (χ1v) is 7.98. The molecule has 1 saturated heterocycles. The Morgan fingerprint density at radius 1 is 1.32 bits per heavy atom. The van der Waals surface area contributed by atoms with E-state index in [1.54, 1.807) is 0 Å². The van der Waals surface area contributed by atoms with Crippen LogP contribution in [0.25, 0.3) is 0 Å². The zero-order valence-electron chi connectivity index (χ0n) is 12.9. The van der Waals surface area contributed by atoms with E-state index >= 15 is 0 Å². The number of hydrogen-bond acceptors (Lipinski definition) is 2. The predicted octanol–water partition coefficient (Wildman–Crippen LogP) is 3.30. The third kappa shape index (κ3) is 2.42. The van der Waals surface area contributed by atoms with Gasteiger partial charge in [-0.05, 0) is 38.3 Å². The summed E-state index contributed by atoms with van der Waals surface area (Å²) in [6.45, 7) is 2.98. The number of aryl methyl sites for hydroxylation is 1. The maximum absolute atomic E-state index is 6.13. The minimum absolute atomic E-state index is 0. The van der Waals surface area contributed by atoms with Gasteiger partial charge in [0.2, 0.25) is 0 Å². The van der Waals surface area contributed by atoms with E-state index in [-0.39, 0.29) is 24.0 Å². The molecule has 3 N–H and O–H groups in total. The largest absolute Gasteiger partial charge is 0.377 e. The van der Waals surface area contributed by atoms with Gasteiger partial charge in [-0.25, -0.2) is 4.99 Å². The lowest BCUT2D eigenvalue weighted by molar-refractivity contribution is -0.164. The number of halogens is 1. The fourth-order valence-corrected chi connectivity index (χ4v) is 4.35. The summed E-state index contributed by atoms with van der Waals surface area (Å²) in [6.07, 6.45) is 5.40. The van der Waals surface area contributed by atoms with Crippen LogP contribution in [-0.2, 0) is 4.74 Å². The smallest absolute Gasteiger partial charge is 0.193 e. The lowest BCUT2D eigenvalue weighted by Gasteiger charge is -2.61. The highest BCUT2D eigenvalue weighted by Crippen LogP contribution is 2.64. The lowest BCUT2D eigenvalue weighted by Crippen LogP contribution is -2.65. The first kappa shape index (κ1) is 16.1. The normalized spacial score (nSPS) is 31.7. The van der Waals surface area contributed by atoms with Crippen molar-refractivity contribution in [1.29, 1.82) is 0 Å². The van der Waals surface area contributed by atoms with Gasteiger partial charge in [-0.15, -0.1) is 24.0 Å². The standard InChI is InChI=1S/C17H23N3O.HI/c1-11-3-5-12(6-4-11)19-16(18)20-14-13-7-10-21-15(13)17(14)8-2-9-17;/h3-6,13-15H,2,7-10H2,1H3,(H3,18,19,20);1H. The third-order valence-electron chi connectivity index (χ3n) is 5.59. The van der Waals surface area contributed by atoms with Crippen LogP contribution in [0.1, 0.15) is 31.2 Å². The molecule has 3 aliphatic rings. The Morgan fingerprint density at radius 2 is 2.05 bits per heavy atom. The maximum atomic E-state index is 6.13. The Hall–Kier alpha value is -0.820. The summed E-state index contributed by atoms with van der Waals surface area (Å²) in [5.74, 6) is 1.13. The molecule has 120 valence electrons. The van der Waals surface area contributed by atoms with E-state index in [0.717, 1.165) is 18.7 Å². The van der Waals surface area contributed by atoms with Gasteiger partial charge in [-0.2, -0.15) is 0 Å². The molecule has 4 rings (SSSR count). The quantitative estimate of drug-likeness (QED) is 0.445. The zero-order chi connectivity index (χ0) is 14.4. The van der Waals surface area contributed by atoms with Crippen molar-refractivity contribution in [3.63, 3.8) is 0 Å². The van der Waals surface area contributed by atoms with E-state index in [9.17, 15) is 0 Å². The average molecular weight is 413 g/mol. The number of benzene rings is 1. The van der Waals surface area contributed by atoms with Crippen LogP contribution in [0.2, 0.25) is 0 Å². The van der Waals surface area contributed by atoms with Crippen molar-refractivity contribution < 1.29 is 4.74 Å². The van der Waals surface area contributed by atoms with Crippen molar-refractivity contribution in [3.05, 3.63) is 29.8 Å². The number of fused-ring (bicyclic) bond motifs is 2. The summed E-state index contributed by atoms with van der Waals surface area (Å²) in [7, 11) is 0. The number of nitrogens with zero attached hydrogens (tertiary/aromatic N) is 1. The van der Waals surface area contributed by atoms with E-state index in [1.807, 2.05) is 12.1 Å². The van der Waals surface area contributed by atoms with E-state index in [0.29, 0.717) is 29.4 Å². The van der Waals surface area contributed by atoms with E-state index in [4.69, 9.17) is 15.5 Å². The van der Waals surface area contributed by atoms with Gasteiger partial charge in [0.15, 0.2) is 5.96 Å². The Kier molecular flexibility index (Phi) is 4.38. The van der Waals surface area contributed by atoms with Gasteiger partial charge in [-0.1, -0.05) is 24.1 Å². The van der Waals surface area contributed by atoms with Crippen LogP contribution in [0, 0.1) is 18.3 Å². The van der Waals surface area contributed by atoms with E-state index in [1.165, 1.54) is 24.8 Å². The van der Waals surface area contributed by atoms with E-state index < -0.39 is 0 Å². The molecule has 1 heterocycles. The van der Waals surface area contributed by atoms with Crippen molar-refractivity contribution in [1.82, 2.24) is 0 Å². The average Bonchev–Trinajstić information content (AvgIpc) is 2.82. The molecule has 22 heavy (non-hydrogen) atoms. The van der Waals surface area contributed by atoms with Crippen molar-refractivity contribution in [2.75, 3.05) is 11.9 Å². The SMILES string of the molecule is Cc1ccc(NC(N)=NC2C3CCOC3C23CCC3)cc1.I. The lowest BCUT2D eigenvalue weighted by atomic mass is 9.46. The van der Waals surface area contributed by atoms with Crippen molar-refractivity contribution in [3.8, 4) is 0 Å². The van der Waals surface area contributed by atoms with Crippen molar-refractivity contribution >= 4 is 35.6 Å². The number of hydrogen-bond donors (Lipinski definition) is 2. The van der Waals surface area contributed by atoms with Crippen molar-refractivity contribution in [2.45, 2.75) is 44.8 Å². The Balaban J connectivity index is 0.00000144. The highest BCUT2D eigenvalue weighted by Gasteiger charge is 2.66. The first-order valence-electron chi connectivity index (χ1n) is 7.98. The molecule has 4 nitrogen and oxygen atoms in total. The maximum Gasteiger partial charge on any atom is 0.193 e. The van der Waals surface area contributed by atoms with Gasteiger partial charge in [0, 0.05) is 23.6 Å². The molecule has 1 spiro atoms. The molecule has 0 amide bonds. The minimum atomic E-state index is 0. The Bertz CT molecular complexity index is 568. The first-order chi connectivity index (χ1) is 10.2. The van der Waals surface area contributed by atoms with Crippen LogP contribution in [0.3, 0.4) is 0 Å². The molecule has 5 heteroatoms. The molecule has 2 saturated carbocycles. The summed E-state index contributed by atoms with van der Waals surface area (Å²) < 4.78 is 5.92. The summed E-state index contributed by atoms with van der Waals surface area (Å²) in [4.78, 5) is 4.82. The molecule has 1 aromatic rings. The van der Waals surface area contributed by atoms with E-state index in [2.05, 4.69) is 24.4 Å². The number of ether oxygens (including phenoxy) is 1. The summed E-state index contributed by atoms with van der Waals surface area (Å²) in [6, 6.07) is 8.59. The molecule has 0 bridgehead atoms. The highest BCUT2D eigenvalue weighted by atomic mass is 127. The molecular formula is C17H24IN3O. The minimum Gasteiger partial charge on any atom is -0.377 e. The van der Waals surface area contributed by atoms with Gasteiger partial charge in [0.25, 0.3) is 0 Å². The number of nitrogens with two attached hydrogens (primary N) is 1. The number of nitrogens with one attached hydrogen (secondary N) is 1. The monoisotopic (exact) mass is 413 g/mol. The molecule has 3 fully saturated rings. The van der Waals surface area contributed by atoms with Gasteiger partial charge >= 0.3 is 0 Å². The van der Waals surface area contributed by atoms with Crippen LogP contribution in [-0.4, -0.2) is 24.7 Å². The second-order valence-corrected chi connectivity index (χ2v) is 6.78. The van der Waals surface area contributed by atoms with Gasteiger partial charge < -0.3 is 15.8 Å². The molecule has 3 unspecified atom stereocenters. The predicted molar refractivity (Wildman–Crippen MR) is 99.8 cm³/mol. The molecule has 3 atom stereocenters. The summed E-state index contributed by atoms with van der Waals surface area (Å²) in [5, 5.41) is 3.22. The fourth-order valence-electron chi connectivity index (χ4n) is 4.35. The second-order valence-electron chi connectivity index (χ2n) is 6.78. The molecular weight excluding hydrogens is 389 g/mol. The van der Waals surface area contributed by atoms with Crippen molar-refractivity contribution in [2.24, 2.45) is 22.1 Å². The Labute approximate surface area is 148 Å². The second kappa shape index (κ2) is 6.00. The van der Waals surface area contributed by atoms with Crippen LogP contribution >= 0.6 is 24.0 Å². The van der Waals surface area contributed by atoms with Gasteiger partial charge in [0.05, 0.1) is 12.1 Å². The summed E-state index contributed by atoms with van der Waals surface area (Å²) >= 11 is 0. The summed E-state index contributed by atoms with van der Waals surface area (Å²) in [5.41, 5.74) is 8.69. The highest BCUT2D eigenvalue weighted by molar-refractivity contribution is 14.0. The van der Waals surface area contributed by atoms with Crippen LogP contribution in [0.15, 0.2) is 29.3 Å². The van der Waals surface area contributed by atoms with Crippen LogP contribution in [0.5, 0.6) is 0 Å². The van der Waals surface area contributed by atoms with Gasteiger partial charge in [-0.3, -0.25) is 0 Å². The van der Waals surface area contributed by atoms with Crippen LogP contribution < -0.4 is 11.1 Å². The number of anilines is 1. The number of guanidine groups is 1. The van der Waals surface area contributed by atoms with Gasteiger partial charge in [0.1, 0.15) is 0 Å². The Morgan fingerprint density at radius 3 is 2.68 bits per heavy atom. The number of rotatable bonds is 2. The molecule has 0 aromatic heterocycles. The molecule has 0 radical (unpaired) electrons. The third-order valence-corrected chi connectivity index (χ3v) is 5.59.